The maximum Gasteiger partial charge on any atom is 0.416 e. The number of alkyl halides is 3. The Morgan fingerprint density at radius 1 is 0.969 bits per heavy atom. The summed E-state index contributed by atoms with van der Waals surface area (Å²) in [7, 11) is 0. The van der Waals surface area contributed by atoms with Crippen molar-refractivity contribution in [3.05, 3.63) is 70.2 Å². The first kappa shape index (κ1) is 21.0. The molecule has 0 bridgehead atoms. The van der Waals surface area contributed by atoms with Crippen LogP contribution in [0.4, 0.5) is 18.9 Å². The van der Waals surface area contributed by atoms with Gasteiger partial charge in [0.25, 0.3) is 5.91 Å². The monoisotopic (exact) mass is 475 g/mol. The van der Waals surface area contributed by atoms with Gasteiger partial charge >= 0.3 is 6.18 Å². The summed E-state index contributed by atoms with van der Waals surface area (Å²) in [5.74, 6) is -0.102. The van der Waals surface area contributed by atoms with Crippen LogP contribution in [0, 0.1) is 0 Å². The summed E-state index contributed by atoms with van der Waals surface area (Å²) in [6.45, 7) is 1.78. The smallest absolute Gasteiger partial charge is 0.368 e. The molecule has 1 aliphatic rings. The predicted molar refractivity (Wildman–Crippen MR) is 122 cm³/mol. The number of carbonyl (C=O) groups excluding carboxylic acids is 1. The zero-order valence-corrected chi connectivity index (χ0v) is 18.3. The van der Waals surface area contributed by atoms with Gasteiger partial charge in [-0.15, -0.1) is 11.3 Å². The van der Waals surface area contributed by atoms with E-state index < -0.39 is 11.7 Å². The molecule has 164 valence electrons. The fourth-order valence-corrected chi connectivity index (χ4v) is 5.44. The molecule has 1 aliphatic heterocycles. The highest BCUT2D eigenvalue weighted by atomic mass is 35.5. The summed E-state index contributed by atoms with van der Waals surface area (Å²) >= 11 is 7.75. The maximum atomic E-state index is 13.2. The molecule has 0 aliphatic carbocycles. The van der Waals surface area contributed by atoms with Gasteiger partial charge in [-0.25, -0.2) is 4.98 Å². The lowest BCUT2D eigenvalue weighted by atomic mass is 10.1. The lowest BCUT2D eigenvalue weighted by molar-refractivity contribution is -0.137. The lowest BCUT2D eigenvalue weighted by Crippen LogP contribution is -2.48. The Balaban J connectivity index is 1.35. The van der Waals surface area contributed by atoms with Gasteiger partial charge in [0.05, 0.1) is 16.0 Å². The summed E-state index contributed by atoms with van der Waals surface area (Å²) in [5.41, 5.74) is 0.621. The number of fused-ring (bicyclic) bond motifs is 3. The third-order valence-electron chi connectivity index (χ3n) is 5.64. The molecule has 0 unspecified atom stereocenters. The van der Waals surface area contributed by atoms with Crippen LogP contribution in [0.25, 0.3) is 21.0 Å². The number of hydrogen-bond acceptors (Lipinski definition) is 4. The van der Waals surface area contributed by atoms with E-state index in [1.165, 1.54) is 17.4 Å². The van der Waals surface area contributed by atoms with Crippen molar-refractivity contribution in [1.82, 2.24) is 9.88 Å². The molecule has 0 spiro atoms. The molecule has 5 rings (SSSR count). The minimum Gasteiger partial charge on any atom is -0.368 e. The van der Waals surface area contributed by atoms with Crippen molar-refractivity contribution in [3.8, 4) is 0 Å². The van der Waals surface area contributed by atoms with E-state index in [4.69, 9.17) is 11.6 Å². The van der Waals surface area contributed by atoms with Gasteiger partial charge in [-0.2, -0.15) is 13.2 Å². The molecular formula is C23H17ClF3N3OS. The first-order chi connectivity index (χ1) is 15.3. The van der Waals surface area contributed by atoms with Gasteiger partial charge in [-0.3, -0.25) is 4.79 Å². The molecule has 0 radical (unpaired) electrons. The van der Waals surface area contributed by atoms with E-state index in [2.05, 4.69) is 4.98 Å². The number of hydrogen-bond donors (Lipinski definition) is 0. The summed E-state index contributed by atoms with van der Waals surface area (Å²) < 4.78 is 40.0. The SMILES string of the molecule is O=C(c1cc2c(Cl)nc3ccccc3c2s1)N1CCN(c2cccc(C(F)(F)F)c2)CC1. The number of anilines is 1. The molecule has 2 aromatic carbocycles. The number of para-hydroxylation sites is 1. The number of pyridine rings is 1. The van der Waals surface area contributed by atoms with Crippen molar-refractivity contribution in [3.63, 3.8) is 0 Å². The van der Waals surface area contributed by atoms with Crippen LogP contribution in [0.2, 0.25) is 5.15 Å². The minimum atomic E-state index is -4.38. The topological polar surface area (TPSA) is 36.4 Å². The number of piperazine rings is 1. The highest BCUT2D eigenvalue weighted by molar-refractivity contribution is 7.21. The Hall–Kier alpha value is -2.84. The second-order valence-corrected chi connectivity index (χ2v) is 9.01. The number of nitrogens with zero attached hydrogens (tertiary/aromatic N) is 3. The van der Waals surface area contributed by atoms with Crippen molar-refractivity contribution in [2.24, 2.45) is 0 Å². The molecular weight excluding hydrogens is 459 g/mol. The molecule has 1 amide bonds. The largest absolute Gasteiger partial charge is 0.416 e. The van der Waals surface area contributed by atoms with Crippen molar-refractivity contribution in [2.45, 2.75) is 6.18 Å². The molecule has 0 saturated carbocycles. The molecule has 0 N–H and O–H groups in total. The highest BCUT2D eigenvalue weighted by Crippen LogP contribution is 2.36. The molecule has 9 heteroatoms. The maximum absolute atomic E-state index is 13.2. The van der Waals surface area contributed by atoms with E-state index in [9.17, 15) is 18.0 Å². The average molecular weight is 476 g/mol. The molecule has 4 aromatic rings. The lowest BCUT2D eigenvalue weighted by Gasteiger charge is -2.36. The van der Waals surface area contributed by atoms with E-state index in [0.717, 1.165) is 33.1 Å². The zero-order chi connectivity index (χ0) is 22.5. The van der Waals surface area contributed by atoms with Crippen LogP contribution < -0.4 is 4.90 Å². The van der Waals surface area contributed by atoms with Gasteiger partial charge in [-0.05, 0) is 30.3 Å². The van der Waals surface area contributed by atoms with Crippen LogP contribution in [0.1, 0.15) is 15.2 Å². The second kappa shape index (κ2) is 7.94. The summed E-state index contributed by atoms with van der Waals surface area (Å²) in [5, 5.41) is 2.06. The van der Waals surface area contributed by atoms with Crippen molar-refractivity contribution >= 4 is 55.5 Å². The van der Waals surface area contributed by atoms with E-state index in [1.54, 1.807) is 17.0 Å². The van der Waals surface area contributed by atoms with Gasteiger partial charge in [0.1, 0.15) is 5.15 Å². The number of carbonyl (C=O) groups is 1. The Bertz CT molecular complexity index is 1330. The Morgan fingerprint density at radius 2 is 1.72 bits per heavy atom. The Kier molecular flexibility index (Phi) is 5.22. The standard InChI is InChI=1S/C23H17ClF3N3OS/c24-21-17-13-19(32-20(17)16-6-1-2-7-18(16)28-21)22(31)30-10-8-29(9-11-30)15-5-3-4-14(12-15)23(25,26)27/h1-7,12-13H,8-11H2. The first-order valence-corrected chi connectivity index (χ1v) is 11.2. The number of halogens is 4. The summed E-state index contributed by atoms with van der Waals surface area (Å²) in [4.78, 5) is 21.8. The number of thiophene rings is 1. The molecule has 3 heterocycles. The quantitative estimate of drug-likeness (QED) is 0.329. The zero-order valence-electron chi connectivity index (χ0n) is 16.7. The van der Waals surface area contributed by atoms with Gasteiger partial charge < -0.3 is 9.80 Å². The van der Waals surface area contributed by atoms with E-state index in [-0.39, 0.29) is 5.91 Å². The second-order valence-electron chi connectivity index (χ2n) is 7.60. The third-order valence-corrected chi connectivity index (χ3v) is 7.08. The number of aromatic nitrogens is 1. The van der Waals surface area contributed by atoms with Crippen molar-refractivity contribution < 1.29 is 18.0 Å². The molecule has 0 atom stereocenters. The highest BCUT2D eigenvalue weighted by Gasteiger charge is 2.31. The van der Waals surface area contributed by atoms with Crippen LogP contribution in [0.5, 0.6) is 0 Å². The molecule has 1 saturated heterocycles. The summed E-state index contributed by atoms with van der Waals surface area (Å²) in [6.07, 6.45) is -4.38. The molecule has 4 nitrogen and oxygen atoms in total. The van der Waals surface area contributed by atoms with Gasteiger partial charge in [-0.1, -0.05) is 35.9 Å². The number of amides is 1. The van der Waals surface area contributed by atoms with Gasteiger partial charge in [0.2, 0.25) is 0 Å². The van der Waals surface area contributed by atoms with Gasteiger partial charge in [0, 0.05) is 47.3 Å². The van der Waals surface area contributed by atoms with Gasteiger partial charge in [0.15, 0.2) is 0 Å². The normalized spacial score (nSPS) is 15.0. The van der Waals surface area contributed by atoms with Crippen molar-refractivity contribution in [1.29, 1.82) is 0 Å². The minimum absolute atomic E-state index is 0.102. The van der Waals surface area contributed by atoms with Crippen molar-refractivity contribution in [2.75, 3.05) is 31.1 Å². The third kappa shape index (κ3) is 3.78. The van der Waals surface area contributed by atoms with Crippen LogP contribution in [-0.2, 0) is 6.18 Å². The van der Waals surface area contributed by atoms with Crippen LogP contribution in [-0.4, -0.2) is 42.0 Å². The van der Waals surface area contributed by atoms with Crippen LogP contribution >= 0.6 is 22.9 Å². The summed E-state index contributed by atoms with van der Waals surface area (Å²) in [6, 6.07) is 14.7. The predicted octanol–water partition coefficient (Wildman–Crippen LogP) is 6.08. The van der Waals surface area contributed by atoms with E-state index in [0.29, 0.717) is 41.9 Å². The van der Waals surface area contributed by atoms with Crippen LogP contribution in [0.15, 0.2) is 54.6 Å². The Labute approximate surface area is 190 Å². The number of benzene rings is 2. The van der Waals surface area contributed by atoms with E-state index in [1.807, 2.05) is 29.2 Å². The van der Waals surface area contributed by atoms with E-state index >= 15 is 0 Å². The number of rotatable bonds is 2. The first-order valence-electron chi connectivity index (χ1n) is 10.0. The fraction of sp³-hybridized carbons (Fsp3) is 0.217. The fourth-order valence-electron chi connectivity index (χ4n) is 3.98. The molecule has 32 heavy (non-hydrogen) atoms. The molecule has 1 fully saturated rings. The Morgan fingerprint density at radius 3 is 2.47 bits per heavy atom. The average Bonchev–Trinajstić information content (AvgIpc) is 3.25. The molecule has 2 aromatic heterocycles. The van der Waals surface area contributed by atoms with Crippen LogP contribution in [0.3, 0.4) is 0 Å².